The third-order valence-corrected chi connectivity index (χ3v) is 5.23. The molecular formula is C25H42NNaO2. The third kappa shape index (κ3) is 14.0. The Morgan fingerprint density at radius 3 is 2.03 bits per heavy atom. The van der Waals surface area contributed by atoms with Crippen molar-refractivity contribution >= 4 is 41.0 Å². The van der Waals surface area contributed by atoms with Crippen LogP contribution >= 0.6 is 0 Å². The van der Waals surface area contributed by atoms with Gasteiger partial charge < -0.3 is 10.5 Å². The molecule has 1 aromatic carbocycles. The normalized spacial score (nSPS) is 10.8. The van der Waals surface area contributed by atoms with Gasteiger partial charge in [0.05, 0.1) is 7.11 Å². The van der Waals surface area contributed by atoms with Crippen LogP contribution in [0.15, 0.2) is 30.4 Å². The molecule has 0 aliphatic carbocycles. The Bertz CT molecular complexity index is 572. The number of benzene rings is 1. The quantitative estimate of drug-likeness (QED) is 0.100. The first kappa shape index (κ1) is 28.2. The molecule has 0 aromatic heterocycles. The van der Waals surface area contributed by atoms with Gasteiger partial charge in [0, 0.05) is 17.7 Å². The van der Waals surface area contributed by atoms with Gasteiger partial charge in [-0.2, -0.15) is 0 Å². The van der Waals surface area contributed by atoms with Gasteiger partial charge in [0.15, 0.2) is 5.78 Å². The second-order valence-corrected chi connectivity index (χ2v) is 7.71. The van der Waals surface area contributed by atoms with Gasteiger partial charge in [-0.25, -0.2) is 0 Å². The van der Waals surface area contributed by atoms with E-state index in [0.29, 0.717) is 23.4 Å². The van der Waals surface area contributed by atoms with Gasteiger partial charge in [-0.05, 0) is 50.3 Å². The molecule has 0 bridgehead atoms. The molecule has 0 aliphatic rings. The van der Waals surface area contributed by atoms with Crippen LogP contribution in [0.1, 0.15) is 107 Å². The molecule has 3 nitrogen and oxygen atoms in total. The van der Waals surface area contributed by atoms with E-state index in [1.807, 2.05) is 0 Å². The zero-order chi connectivity index (χ0) is 20.5. The van der Waals surface area contributed by atoms with Gasteiger partial charge in [0.25, 0.3) is 0 Å². The second kappa shape index (κ2) is 19.2. The molecule has 1 aromatic rings. The number of hydrogen-bond donors (Lipinski definition) is 1. The van der Waals surface area contributed by atoms with Crippen LogP contribution in [0.3, 0.4) is 0 Å². The van der Waals surface area contributed by atoms with Crippen LogP contribution in [0.25, 0.3) is 0 Å². The summed E-state index contributed by atoms with van der Waals surface area (Å²) in [5.74, 6) is 0.802. The van der Waals surface area contributed by atoms with Crippen molar-refractivity contribution in [1.29, 1.82) is 0 Å². The Morgan fingerprint density at radius 2 is 1.45 bits per heavy atom. The van der Waals surface area contributed by atoms with E-state index in [4.69, 9.17) is 10.5 Å². The first-order valence-electron chi connectivity index (χ1n) is 11.3. The van der Waals surface area contributed by atoms with Crippen molar-refractivity contribution in [2.45, 2.75) is 96.8 Å². The number of nitrogens with two attached hydrogens (primary N) is 1. The van der Waals surface area contributed by atoms with Crippen molar-refractivity contribution in [3.63, 3.8) is 0 Å². The Kier molecular flexibility index (Phi) is 18.7. The zero-order valence-electron chi connectivity index (χ0n) is 18.2. The molecule has 4 heteroatoms. The summed E-state index contributed by atoms with van der Waals surface area (Å²) in [5, 5.41) is 0. The summed E-state index contributed by atoms with van der Waals surface area (Å²) in [5.41, 5.74) is 7.05. The average Bonchev–Trinajstić information content (AvgIpc) is 2.71. The van der Waals surface area contributed by atoms with Gasteiger partial charge in [-0.15, -0.1) is 0 Å². The summed E-state index contributed by atoms with van der Waals surface area (Å²) in [4.78, 5) is 12.3. The van der Waals surface area contributed by atoms with Crippen LogP contribution in [0.2, 0.25) is 0 Å². The van der Waals surface area contributed by atoms with E-state index in [1.165, 1.54) is 70.6 Å². The Morgan fingerprint density at radius 1 is 0.897 bits per heavy atom. The fourth-order valence-electron chi connectivity index (χ4n) is 3.39. The predicted octanol–water partition coefficient (Wildman–Crippen LogP) is 6.85. The van der Waals surface area contributed by atoms with Crippen molar-refractivity contribution < 1.29 is 9.53 Å². The molecule has 0 saturated carbocycles. The van der Waals surface area contributed by atoms with E-state index in [-0.39, 0.29) is 35.3 Å². The van der Waals surface area contributed by atoms with E-state index in [1.54, 1.807) is 25.3 Å². The fourth-order valence-corrected chi connectivity index (χ4v) is 3.39. The number of unbranched alkanes of at least 4 members (excludes halogenated alkanes) is 11. The second-order valence-electron chi connectivity index (χ2n) is 7.71. The van der Waals surface area contributed by atoms with E-state index in [9.17, 15) is 4.79 Å². The summed E-state index contributed by atoms with van der Waals surface area (Å²) in [6, 6.07) is 5.27. The molecule has 0 atom stereocenters. The molecule has 0 aliphatic heterocycles. The van der Waals surface area contributed by atoms with Crippen molar-refractivity contribution in [2.75, 3.05) is 12.8 Å². The van der Waals surface area contributed by atoms with Crippen molar-refractivity contribution in [3.8, 4) is 5.75 Å². The third-order valence-electron chi connectivity index (χ3n) is 5.23. The number of Topliss-reactive ketones (excluding diaryl/α,β-unsaturated/α-hetero) is 1. The van der Waals surface area contributed by atoms with E-state index < -0.39 is 0 Å². The van der Waals surface area contributed by atoms with E-state index in [2.05, 4.69) is 19.1 Å². The SMILES string of the molecule is CCCCCCCC/C=C\CCCCCCCC(=O)c1cc(OC)ccc1N.[NaH]. The van der Waals surface area contributed by atoms with Gasteiger partial charge in [0.1, 0.15) is 5.75 Å². The molecular weight excluding hydrogens is 369 g/mol. The Hall–Kier alpha value is -0.770. The minimum atomic E-state index is 0. The van der Waals surface area contributed by atoms with Gasteiger partial charge >= 0.3 is 29.6 Å². The molecule has 0 radical (unpaired) electrons. The summed E-state index contributed by atoms with van der Waals surface area (Å²) in [7, 11) is 1.60. The fraction of sp³-hybridized carbons (Fsp3) is 0.640. The monoisotopic (exact) mass is 411 g/mol. The van der Waals surface area contributed by atoms with Gasteiger partial charge in [0.2, 0.25) is 0 Å². The number of anilines is 1. The average molecular weight is 412 g/mol. The number of nitrogen functional groups attached to an aromatic ring is 1. The van der Waals surface area contributed by atoms with Crippen LogP contribution < -0.4 is 10.5 Å². The molecule has 0 unspecified atom stereocenters. The number of hydrogen-bond acceptors (Lipinski definition) is 3. The molecule has 160 valence electrons. The van der Waals surface area contributed by atoms with Crippen LogP contribution in [-0.4, -0.2) is 42.5 Å². The number of carbonyl (C=O) groups excluding carboxylic acids is 1. The number of ether oxygens (including phenoxy) is 1. The van der Waals surface area contributed by atoms with Crippen LogP contribution in [0, 0.1) is 0 Å². The van der Waals surface area contributed by atoms with E-state index >= 15 is 0 Å². The zero-order valence-corrected chi connectivity index (χ0v) is 18.2. The number of rotatable bonds is 17. The maximum absolute atomic E-state index is 12.3. The molecule has 0 amide bonds. The summed E-state index contributed by atoms with van der Waals surface area (Å²) < 4.78 is 5.18. The van der Waals surface area contributed by atoms with Gasteiger partial charge in [-0.3, -0.25) is 4.79 Å². The van der Waals surface area contributed by atoms with Crippen molar-refractivity contribution in [2.24, 2.45) is 0 Å². The molecule has 1 rings (SSSR count). The summed E-state index contributed by atoms with van der Waals surface area (Å²) in [6.45, 7) is 2.26. The van der Waals surface area contributed by atoms with Gasteiger partial charge in [-0.1, -0.05) is 70.4 Å². The molecule has 2 N–H and O–H groups in total. The Balaban J connectivity index is 0.00000784. The topological polar surface area (TPSA) is 52.3 Å². The van der Waals surface area contributed by atoms with Crippen molar-refractivity contribution in [1.82, 2.24) is 0 Å². The van der Waals surface area contributed by atoms with Crippen LogP contribution in [-0.2, 0) is 0 Å². The summed E-state index contributed by atoms with van der Waals surface area (Å²) in [6.07, 6.45) is 21.7. The molecule has 0 heterocycles. The standard InChI is InChI=1S/C25H41NO2.Na.H/c1-3-4-5-6-7-8-9-10-11-12-13-14-15-16-17-18-25(27)23-21-22(28-2)19-20-24(23)26;;/h10-11,19-21H,3-9,12-18,26H2,1-2H3;;/b11-10-;;. The summed E-state index contributed by atoms with van der Waals surface area (Å²) >= 11 is 0. The number of allylic oxidation sites excluding steroid dienone is 2. The first-order valence-corrected chi connectivity index (χ1v) is 11.3. The molecule has 0 spiro atoms. The number of carbonyl (C=O) groups is 1. The minimum absolute atomic E-state index is 0. The predicted molar refractivity (Wildman–Crippen MR) is 128 cm³/mol. The number of ketones is 1. The molecule has 29 heavy (non-hydrogen) atoms. The molecule has 0 saturated heterocycles. The van der Waals surface area contributed by atoms with Crippen molar-refractivity contribution in [3.05, 3.63) is 35.9 Å². The number of methoxy groups -OCH3 is 1. The Labute approximate surface area is 201 Å². The maximum atomic E-state index is 12.3. The van der Waals surface area contributed by atoms with Crippen LogP contribution in [0.5, 0.6) is 5.75 Å². The molecule has 0 fully saturated rings. The van der Waals surface area contributed by atoms with Crippen LogP contribution in [0.4, 0.5) is 5.69 Å². The van der Waals surface area contributed by atoms with E-state index in [0.717, 1.165) is 12.8 Å². The first-order chi connectivity index (χ1) is 13.7.